The van der Waals surface area contributed by atoms with Gasteiger partial charge in [0.1, 0.15) is 23.7 Å². The number of hydrogen-bond donors (Lipinski definition) is 2. The molecule has 4 aromatic rings. The van der Waals surface area contributed by atoms with Crippen molar-refractivity contribution in [1.82, 2.24) is 0 Å². The Morgan fingerprint density at radius 2 is 1.32 bits per heavy atom. The molecule has 4 rings (SSSR count). The standard InChI is InChI=1S/C30H34N2OS/c1-29(2,3)24-17-22(18-25(27(24)33)30(4,5)6)26-20-34-28(31-23-15-11-8-12-16-23)32(26)19-21-13-9-7-10-14-21/h7-18,20,33H,19H2,1-6H3/p+1. The highest BCUT2D eigenvalue weighted by atomic mass is 32.1. The number of phenols is 1. The molecule has 0 fully saturated rings. The third-order valence-corrected chi connectivity index (χ3v) is 6.94. The maximum atomic E-state index is 11.2. The number of anilines is 2. The number of phenolic OH excluding ortho intramolecular Hbond substituents is 1. The molecule has 0 radical (unpaired) electrons. The van der Waals surface area contributed by atoms with E-state index in [0.29, 0.717) is 5.75 Å². The molecule has 0 bridgehead atoms. The van der Waals surface area contributed by atoms with E-state index in [1.165, 1.54) is 5.56 Å². The van der Waals surface area contributed by atoms with Crippen LogP contribution < -0.4 is 9.88 Å². The molecule has 0 atom stereocenters. The van der Waals surface area contributed by atoms with E-state index in [-0.39, 0.29) is 10.8 Å². The molecule has 0 aliphatic carbocycles. The van der Waals surface area contributed by atoms with Crippen molar-refractivity contribution in [2.24, 2.45) is 0 Å². The molecule has 3 nitrogen and oxygen atoms in total. The zero-order valence-corrected chi connectivity index (χ0v) is 21.8. The third kappa shape index (κ3) is 5.18. The summed E-state index contributed by atoms with van der Waals surface area (Å²) in [5.41, 5.74) is 6.18. The Morgan fingerprint density at radius 3 is 1.85 bits per heavy atom. The third-order valence-electron chi connectivity index (χ3n) is 6.05. The summed E-state index contributed by atoms with van der Waals surface area (Å²) in [7, 11) is 0. The molecule has 0 unspecified atom stereocenters. The normalized spacial score (nSPS) is 12.1. The van der Waals surface area contributed by atoms with Gasteiger partial charge < -0.3 is 5.11 Å². The van der Waals surface area contributed by atoms with Crippen LogP contribution >= 0.6 is 11.3 Å². The van der Waals surface area contributed by atoms with Gasteiger partial charge in [-0.15, -0.1) is 0 Å². The van der Waals surface area contributed by atoms with Gasteiger partial charge >= 0.3 is 5.13 Å². The SMILES string of the molecule is CC(C)(C)c1cc(-c2csc(Nc3ccccc3)[n+]2Cc2ccccc2)cc(C(C)(C)C)c1O. The summed E-state index contributed by atoms with van der Waals surface area (Å²) >= 11 is 1.71. The molecule has 0 saturated carbocycles. The Balaban J connectivity index is 1.90. The van der Waals surface area contributed by atoms with Crippen LogP contribution in [0.25, 0.3) is 11.3 Å². The van der Waals surface area contributed by atoms with Crippen LogP contribution in [0.2, 0.25) is 0 Å². The van der Waals surface area contributed by atoms with Crippen LogP contribution in [-0.4, -0.2) is 5.11 Å². The molecule has 0 aliphatic rings. The highest BCUT2D eigenvalue weighted by molar-refractivity contribution is 7.13. The minimum absolute atomic E-state index is 0.175. The molecule has 1 aromatic heterocycles. The second-order valence-corrected chi connectivity index (χ2v) is 11.8. The number of aromatic hydroxyl groups is 1. The maximum absolute atomic E-state index is 11.2. The highest BCUT2D eigenvalue weighted by Gasteiger charge is 2.29. The fourth-order valence-electron chi connectivity index (χ4n) is 4.16. The summed E-state index contributed by atoms with van der Waals surface area (Å²) in [6, 6.07) is 25.2. The van der Waals surface area contributed by atoms with Crippen molar-refractivity contribution in [3.05, 3.63) is 94.9 Å². The van der Waals surface area contributed by atoms with Crippen molar-refractivity contribution in [2.45, 2.75) is 58.9 Å². The van der Waals surface area contributed by atoms with Crippen molar-refractivity contribution in [3.8, 4) is 17.0 Å². The molecule has 0 saturated heterocycles. The molecule has 3 aromatic carbocycles. The van der Waals surface area contributed by atoms with Gasteiger partial charge in [-0.05, 0) is 40.7 Å². The monoisotopic (exact) mass is 471 g/mol. The van der Waals surface area contributed by atoms with Gasteiger partial charge in [0.05, 0.1) is 0 Å². The quantitative estimate of drug-likeness (QED) is 0.291. The van der Waals surface area contributed by atoms with E-state index in [1.807, 2.05) is 18.2 Å². The Morgan fingerprint density at radius 1 is 0.794 bits per heavy atom. The number of hydrogen-bond acceptors (Lipinski definition) is 3. The average Bonchev–Trinajstić information content (AvgIpc) is 3.15. The van der Waals surface area contributed by atoms with Gasteiger partial charge in [-0.2, -0.15) is 0 Å². The van der Waals surface area contributed by atoms with E-state index in [2.05, 4.69) is 111 Å². The average molecular weight is 472 g/mol. The lowest BCUT2D eigenvalue weighted by Gasteiger charge is -2.28. The second kappa shape index (κ2) is 9.27. The van der Waals surface area contributed by atoms with Gasteiger partial charge in [-0.1, -0.05) is 101 Å². The minimum atomic E-state index is -0.175. The number of para-hydroxylation sites is 1. The van der Waals surface area contributed by atoms with Crippen LogP contribution in [0.1, 0.15) is 58.2 Å². The van der Waals surface area contributed by atoms with Crippen molar-refractivity contribution in [2.75, 3.05) is 5.32 Å². The predicted octanol–water partition coefficient (Wildman–Crippen LogP) is 7.80. The highest BCUT2D eigenvalue weighted by Crippen LogP contribution is 2.42. The van der Waals surface area contributed by atoms with Gasteiger partial charge in [0.2, 0.25) is 0 Å². The topological polar surface area (TPSA) is 36.1 Å². The lowest BCUT2D eigenvalue weighted by molar-refractivity contribution is -0.659. The number of nitrogens with one attached hydrogen (secondary N) is 1. The zero-order chi connectivity index (χ0) is 24.5. The van der Waals surface area contributed by atoms with Crippen molar-refractivity contribution >= 4 is 22.2 Å². The second-order valence-electron chi connectivity index (χ2n) is 10.9. The summed E-state index contributed by atoms with van der Waals surface area (Å²) in [5, 5.41) is 18.1. The van der Waals surface area contributed by atoms with Crippen LogP contribution in [0.3, 0.4) is 0 Å². The molecule has 2 N–H and O–H groups in total. The van der Waals surface area contributed by atoms with Crippen molar-refractivity contribution in [1.29, 1.82) is 0 Å². The van der Waals surface area contributed by atoms with E-state index in [9.17, 15) is 5.11 Å². The molecular weight excluding hydrogens is 436 g/mol. The smallest absolute Gasteiger partial charge is 0.339 e. The molecule has 4 heteroatoms. The molecular formula is C30H35N2OS+. The minimum Gasteiger partial charge on any atom is -0.507 e. The Bertz CT molecular complexity index is 1230. The van der Waals surface area contributed by atoms with Crippen LogP contribution in [-0.2, 0) is 17.4 Å². The maximum Gasteiger partial charge on any atom is 0.339 e. The summed E-state index contributed by atoms with van der Waals surface area (Å²) in [6.45, 7) is 13.7. The number of rotatable bonds is 5. The molecule has 1 heterocycles. The largest absolute Gasteiger partial charge is 0.507 e. The first-order valence-corrected chi connectivity index (χ1v) is 12.7. The van der Waals surface area contributed by atoms with E-state index in [4.69, 9.17) is 0 Å². The molecule has 176 valence electrons. The molecule has 0 amide bonds. The summed E-state index contributed by atoms with van der Waals surface area (Å²) in [5.74, 6) is 0.413. The number of thiazole rings is 1. The van der Waals surface area contributed by atoms with Crippen molar-refractivity contribution in [3.63, 3.8) is 0 Å². The summed E-state index contributed by atoms with van der Waals surface area (Å²) in [4.78, 5) is 0. The lowest BCUT2D eigenvalue weighted by atomic mass is 9.78. The van der Waals surface area contributed by atoms with Gasteiger partial charge in [0, 0.05) is 22.1 Å². The fourth-order valence-corrected chi connectivity index (χ4v) is 5.12. The summed E-state index contributed by atoms with van der Waals surface area (Å²) < 4.78 is 2.35. The van der Waals surface area contributed by atoms with E-state index >= 15 is 0 Å². The first-order valence-electron chi connectivity index (χ1n) is 11.8. The lowest BCUT2D eigenvalue weighted by Crippen LogP contribution is -2.37. The zero-order valence-electron chi connectivity index (χ0n) is 21.0. The van der Waals surface area contributed by atoms with Gasteiger partial charge in [0.15, 0.2) is 0 Å². The van der Waals surface area contributed by atoms with Crippen LogP contribution in [0.5, 0.6) is 5.75 Å². The number of benzene rings is 3. The Hall–Kier alpha value is -3.11. The van der Waals surface area contributed by atoms with Crippen LogP contribution in [0.15, 0.2) is 78.2 Å². The van der Waals surface area contributed by atoms with Gasteiger partial charge in [0.25, 0.3) is 0 Å². The first-order chi connectivity index (χ1) is 16.0. The number of aromatic nitrogens is 1. The molecule has 0 spiro atoms. The first kappa shape index (κ1) is 24.0. The van der Waals surface area contributed by atoms with Gasteiger partial charge in [-0.25, -0.2) is 9.88 Å². The Kier molecular flexibility index (Phi) is 6.55. The van der Waals surface area contributed by atoms with E-state index in [1.54, 1.807) is 11.3 Å². The van der Waals surface area contributed by atoms with Crippen LogP contribution in [0.4, 0.5) is 10.8 Å². The molecule has 34 heavy (non-hydrogen) atoms. The fraction of sp³-hybridized carbons (Fsp3) is 0.300. The van der Waals surface area contributed by atoms with Gasteiger partial charge in [-0.3, -0.25) is 0 Å². The predicted molar refractivity (Wildman–Crippen MR) is 144 cm³/mol. The molecule has 0 aliphatic heterocycles. The summed E-state index contributed by atoms with van der Waals surface area (Å²) in [6.07, 6.45) is 0. The van der Waals surface area contributed by atoms with Crippen LogP contribution in [0, 0.1) is 0 Å². The Labute approximate surface area is 207 Å². The van der Waals surface area contributed by atoms with E-state index < -0.39 is 0 Å². The van der Waals surface area contributed by atoms with Crippen molar-refractivity contribution < 1.29 is 9.67 Å². The van der Waals surface area contributed by atoms with E-state index in [0.717, 1.165) is 39.7 Å². The number of nitrogens with zero attached hydrogens (tertiary/aromatic N) is 1.